The molecule has 0 radical (unpaired) electrons. The number of nitrogens with one attached hydrogen (secondary N) is 1. The minimum absolute atomic E-state index is 0.0979. The molecule has 166 valence electrons. The summed E-state index contributed by atoms with van der Waals surface area (Å²) >= 11 is 0. The molecule has 32 heavy (non-hydrogen) atoms. The third-order valence-corrected chi connectivity index (χ3v) is 4.76. The van der Waals surface area contributed by atoms with Gasteiger partial charge in [0.15, 0.2) is 0 Å². The number of allylic oxidation sites excluding steroid dienone is 1. The summed E-state index contributed by atoms with van der Waals surface area (Å²) in [5, 5.41) is 8.99. The highest BCUT2D eigenvalue weighted by molar-refractivity contribution is 5.71. The van der Waals surface area contributed by atoms with Crippen LogP contribution in [-0.4, -0.2) is 31.4 Å². The van der Waals surface area contributed by atoms with E-state index in [0.29, 0.717) is 23.7 Å². The number of hydrogen-bond donors (Lipinski definition) is 2. The first kappa shape index (κ1) is 22.9. The highest BCUT2D eigenvalue weighted by atomic mass is 16.7. The molecule has 0 aliphatic carbocycles. The fraction of sp³-hybridized carbons (Fsp3) is 0.192. The first-order valence-electron chi connectivity index (χ1n) is 10.3. The Labute approximate surface area is 188 Å². The van der Waals surface area contributed by atoms with Crippen LogP contribution in [0.25, 0.3) is 16.8 Å². The van der Waals surface area contributed by atoms with Gasteiger partial charge in [-0.2, -0.15) is 0 Å². The van der Waals surface area contributed by atoms with Crippen LogP contribution < -0.4 is 15.0 Å². The Morgan fingerprint density at radius 1 is 0.938 bits per heavy atom. The summed E-state index contributed by atoms with van der Waals surface area (Å²) in [6.07, 6.45) is 1.85. The molecule has 0 unspecified atom stereocenters. The molecule has 0 amide bonds. The largest absolute Gasteiger partial charge is 0.497 e. The van der Waals surface area contributed by atoms with E-state index in [4.69, 9.17) is 19.4 Å². The SMILES string of the molecule is CC=C(NOCCOc1cc(CC(=O)O)cc(OC)c1)c1ccc(-c2ccccc2)cc1. The van der Waals surface area contributed by atoms with Gasteiger partial charge >= 0.3 is 5.97 Å². The summed E-state index contributed by atoms with van der Waals surface area (Å²) in [6.45, 7) is 2.52. The molecule has 0 heterocycles. The van der Waals surface area contributed by atoms with Gasteiger partial charge in [-0.3, -0.25) is 15.1 Å². The van der Waals surface area contributed by atoms with Crippen LogP contribution in [0.1, 0.15) is 18.1 Å². The van der Waals surface area contributed by atoms with Crippen LogP contribution in [0.15, 0.2) is 78.9 Å². The van der Waals surface area contributed by atoms with Gasteiger partial charge < -0.3 is 14.6 Å². The minimum atomic E-state index is -0.910. The molecule has 0 aliphatic heterocycles. The average Bonchev–Trinajstić information content (AvgIpc) is 2.81. The van der Waals surface area contributed by atoms with E-state index in [9.17, 15) is 4.79 Å². The molecular formula is C26H27NO5. The summed E-state index contributed by atoms with van der Waals surface area (Å²) in [4.78, 5) is 16.5. The van der Waals surface area contributed by atoms with Gasteiger partial charge in [0.05, 0.1) is 19.2 Å². The standard InChI is InChI=1S/C26H27NO5/c1-3-25(22-11-9-21(10-12-22)20-7-5-4-6-8-20)27-32-14-13-31-24-16-19(17-26(28)29)15-23(18-24)30-2/h3-12,15-16,18,27H,13-14,17H2,1-2H3,(H,28,29). The van der Waals surface area contributed by atoms with Crippen molar-refractivity contribution in [3.8, 4) is 22.6 Å². The number of benzene rings is 3. The number of carbonyl (C=O) groups is 1. The number of carboxylic acid groups (broad SMARTS) is 1. The number of carboxylic acids is 1. The number of methoxy groups -OCH3 is 1. The maximum Gasteiger partial charge on any atom is 0.307 e. The molecule has 0 saturated carbocycles. The summed E-state index contributed by atoms with van der Waals surface area (Å²) in [5.41, 5.74) is 7.78. The van der Waals surface area contributed by atoms with E-state index in [1.807, 2.05) is 43.3 Å². The van der Waals surface area contributed by atoms with Crippen LogP contribution in [0.5, 0.6) is 11.5 Å². The number of aliphatic carboxylic acids is 1. The van der Waals surface area contributed by atoms with Crippen molar-refractivity contribution >= 4 is 11.7 Å². The highest BCUT2D eigenvalue weighted by Gasteiger charge is 2.07. The highest BCUT2D eigenvalue weighted by Crippen LogP contribution is 2.24. The fourth-order valence-electron chi connectivity index (χ4n) is 3.20. The van der Waals surface area contributed by atoms with Gasteiger partial charge in [-0.1, -0.05) is 60.7 Å². The number of hydroxylamine groups is 1. The van der Waals surface area contributed by atoms with Crippen LogP contribution in [0, 0.1) is 0 Å². The van der Waals surface area contributed by atoms with Crippen molar-refractivity contribution in [1.82, 2.24) is 5.48 Å². The van der Waals surface area contributed by atoms with E-state index in [0.717, 1.165) is 16.8 Å². The number of rotatable bonds is 11. The molecule has 3 aromatic carbocycles. The molecule has 0 atom stereocenters. The van der Waals surface area contributed by atoms with Gasteiger partial charge in [-0.15, -0.1) is 0 Å². The van der Waals surface area contributed by atoms with Crippen molar-refractivity contribution in [1.29, 1.82) is 0 Å². The second kappa shape index (κ2) is 11.6. The topological polar surface area (TPSA) is 77.0 Å². The van der Waals surface area contributed by atoms with Gasteiger partial charge in [0.2, 0.25) is 0 Å². The molecule has 6 heteroatoms. The molecule has 6 nitrogen and oxygen atoms in total. The zero-order valence-corrected chi connectivity index (χ0v) is 18.2. The Balaban J connectivity index is 1.50. The Kier molecular flexibility index (Phi) is 8.29. The second-order valence-corrected chi connectivity index (χ2v) is 7.03. The summed E-state index contributed by atoms with van der Waals surface area (Å²) in [6, 6.07) is 23.6. The minimum Gasteiger partial charge on any atom is -0.497 e. The Bertz CT molecular complexity index is 1050. The molecule has 2 N–H and O–H groups in total. The number of ether oxygens (including phenoxy) is 2. The van der Waals surface area contributed by atoms with Gasteiger partial charge in [0.1, 0.15) is 24.7 Å². The number of hydrogen-bond acceptors (Lipinski definition) is 5. The molecule has 3 aromatic rings. The maximum atomic E-state index is 11.0. The third-order valence-electron chi connectivity index (χ3n) is 4.76. The zero-order chi connectivity index (χ0) is 22.8. The normalized spacial score (nSPS) is 11.1. The molecule has 0 fully saturated rings. The molecule has 3 rings (SSSR count). The molecule has 0 aromatic heterocycles. The van der Waals surface area contributed by atoms with Crippen LogP contribution in [0.2, 0.25) is 0 Å². The van der Waals surface area contributed by atoms with Crippen molar-refractivity contribution < 1.29 is 24.2 Å². The van der Waals surface area contributed by atoms with E-state index < -0.39 is 5.97 Å². The molecule has 0 spiro atoms. The molecule has 0 aliphatic rings. The Morgan fingerprint density at radius 3 is 2.28 bits per heavy atom. The van der Waals surface area contributed by atoms with E-state index in [1.165, 1.54) is 12.7 Å². The third kappa shape index (κ3) is 6.62. The first-order chi connectivity index (χ1) is 15.6. The van der Waals surface area contributed by atoms with E-state index in [2.05, 4.69) is 29.7 Å². The predicted molar refractivity (Wildman–Crippen MR) is 124 cm³/mol. The zero-order valence-electron chi connectivity index (χ0n) is 18.2. The first-order valence-corrected chi connectivity index (χ1v) is 10.3. The Morgan fingerprint density at radius 2 is 1.62 bits per heavy atom. The lowest BCUT2D eigenvalue weighted by Crippen LogP contribution is -2.17. The van der Waals surface area contributed by atoms with Crippen LogP contribution >= 0.6 is 0 Å². The predicted octanol–water partition coefficient (Wildman–Crippen LogP) is 4.95. The van der Waals surface area contributed by atoms with Crippen LogP contribution in [-0.2, 0) is 16.1 Å². The molecule has 0 saturated heterocycles. The molecular weight excluding hydrogens is 406 g/mol. The lowest BCUT2D eigenvalue weighted by atomic mass is 10.0. The maximum absolute atomic E-state index is 11.0. The van der Waals surface area contributed by atoms with Gasteiger partial charge in [-0.25, -0.2) is 0 Å². The van der Waals surface area contributed by atoms with E-state index >= 15 is 0 Å². The lowest BCUT2D eigenvalue weighted by Gasteiger charge is -2.13. The van der Waals surface area contributed by atoms with Crippen molar-refractivity contribution in [3.05, 3.63) is 90.0 Å². The average molecular weight is 434 g/mol. The fourth-order valence-corrected chi connectivity index (χ4v) is 3.20. The summed E-state index contributed by atoms with van der Waals surface area (Å²) < 4.78 is 10.9. The second-order valence-electron chi connectivity index (χ2n) is 7.03. The summed E-state index contributed by atoms with van der Waals surface area (Å²) in [5.74, 6) is 0.173. The summed E-state index contributed by atoms with van der Waals surface area (Å²) in [7, 11) is 1.53. The van der Waals surface area contributed by atoms with Crippen LogP contribution in [0.3, 0.4) is 0 Å². The van der Waals surface area contributed by atoms with Crippen molar-refractivity contribution in [2.75, 3.05) is 20.3 Å². The van der Waals surface area contributed by atoms with Crippen LogP contribution in [0.4, 0.5) is 0 Å². The van der Waals surface area contributed by atoms with Crippen molar-refractivity contribution in [3.63, 3.8) is 0 Å². The lowest BCUT2D eigenvalue weighted by molar-refractivity contribution is -0.136. The van der Waals surface area contributed by atoms with E-state index in [1.54, 1.807) is 18.2 Å². The van der Waals surface area contributed by atoms with Gasteiger partial charge in [0, 0.05) is 6.07 Å². The van der Waals surface area contributed by atoms with Gasteiger partial charge in [-0.05, 0) is 41.3 Å². The Hall–Kier alpha value is -3.77. The van der Waals surface area contributed by atoms with E-state index in [-0.39, 0.29) is 13.0 Å². The smallest absolute Gasteiger partial charge is 0.307 e. The van der Waals surface area contributed by atoms with Crippen molar-refractivity contribution in [2.45, 2.75) is 13.3 Å². The van der Waals surface area contributed by atoms with Gasteiger partial charge in [0.25, 0.3) is 0 Å². The monoisotopic (exact) mass is 433 g/mol. The quantitative estimate of drug-likeness (QED) is 0.329. The molecule has 0 bridgehead atoms. The van der Waals surface area contributed by atoms with Crippen molar-refractivity contribution in [2.24, 2.45) is 0 Å².